The molecule has 3 aromatic carbocycles. The van der Waals surface area contributed by atoms with Crippen LogP contribution in [0.5, 0.6) is 5.75 Å². The van der Waals surface area contributed by atoms with Crippen molar-refractivity contribution in [3.63, 3.8) is 0 Å². The van der Waals surface area contributed by atoms with E-state index in [9.17, 15) is 26.0 Å². The maximum atomic E-state index is 13.6. The number of piperidine rings is 1. The Balaban J connectivity index is 1.64. The molecule has 1 heterocycles. The number of nitrogens with one attached hydrogen (secondary N) is 1. The first-order chi connectivity index (χ1) is 18.1. The zero-order valence-electron chi connectivity index (χ0n) is 20.7. The van der Waals surface area contributed by atoms with E-state index in [0.717, 1.165) is 35.7 Å². The lowest BCUT2D eigenvalue weighted by Gasteiger charge is -2.26. The van der Waals surface area contributed by atoms with Crippen molar-refractivity contribution in [1.29, 1.82) is 0 Å². The Morgan fingerprint density at radius 3 is 2.21 bits per heavy atom. The summed E-state index contributed by atoms with van der Waals surface area (Å²) < 4.78 is 74.3. The zero-order valence-corrected chi connectivity index (χ0v) is 22.3. The maximum absolute atomic E-state index is 13.6. The quantitative estimate of drug-likeness (QED) is 0.425. The Kier molecular flexibility index (Phi) is 8.34. The Labute approximate surface area is 221 Å². The second-order valence-electron chi connectivity index (χ2n) is 8.68. The summed E-state index contributed by atoms with van der Waals surface area (Å²) in [4.78, 5) is 13.1. The lowest BCUT2D eigenvalue weighted by molar-refractivity contribution is -0.114. The predicted octanol–water partition coefficient (Wildman–Crippen LogP) is 3.84. The van der Waals surface area contributed by atoms with Gasteiger partial charge in [-0.3, -0.25) is 9.10 Å². The molecule has 4 rings (SSSR count). The van der Waals surface area contributed by atoms with E-state index < -0.39 is 38.3 Å². The smallest absolute Gasteiger partial charge is 0.264 e. The number of ether oxygens (including phenoxy) is 1. The average Bonchev–Trinajstić information content (AvgIpc) is 2.93. The summed E-state index contributed by atoms with van der Waals surface area (Å²) in [6, 6.07) is 16.4. The van der Waals surface area contributed by atoms with E-state index in [1.807, 2.05) is 0 Å². The van der Waals surface area contributed by atoms with Crippen LogP contribution in [0.15, 0.2) is 82.6 Å². The minimum absolute atomic E-state index is 0.0113. The van der Waals surface area contributed by atoms with Crippen molar-refractivity contribution in [2.24, 2.45) is 0 Å². The summed E-state index contributed by atoms with van der Waals surface area (Å²) in [7, 11) is -6.62. The van der Waals surface area contributed by atoms with Gasteiger partial charge in [-0.25, -0.2) is 21.2 Å². The Bertz CT molecular complexity index is 1490. The van der Waals surface area contributed by atoms with Gasteiger partial charge in [-0.2, -0.15) is 4.31 Å². The molecule has 9 nitrogen and oxygen atoms in total. The third-order valence-corrected chi connectivity index (χ3v) is 9.81. The van der Waals surface area contributed by atoms with Crippen LogP contribution in [0.4, 0.5) is 15.8 Å². The van der Waals surface area contributed by atoms with Gasteiger partial charge in [0.05, 0.1) is 28.3 Å². The van der Waals surface area contributed by atoms with E-state index in [2.05, 4.69) is 5.32 Å². The van der Waals surface area contributed by atoms with Gasteiger partial charge in [0, 0.05) is 13.1 Å². The van der Waals surface area contributed by atoms with Gasteiger partial charge >= 0.3 is 0 Å². The number of halogens is 1. The van der Waals surface area contributed by atoms with Gasteiger partial charge in [-0.05, 0) is 67.4 Å². The van der Waals surface area contributed by atoms with E-state index in [1.54, 1.807) is 18.2 Å². The molecule has 202 valence electrons. The van der Waals surface area contributed by atoms with E-state index in [1.165, 1.54) is 53.9 Å². The standard InChI is InChI=1S/C26H28FN3O6S2/c1-36-25-15-14-23(37(32,33)29-16-6-3-7-17-29)18-24(25)28-26(31)19-30(21-12-10-20(27)11-13-21)38(34,35)22-8-4-2-5-9-22/h2,4-5,8-15,18H,3,6-7,16-17,19H2,1H3,(H,28,31). The van der Waals surface area contributed by atoms with Crippen LogP contribution in [0.1, 0.15) is 19.3 Å². The number of carbonyl (C=O) groups excluding carboxylic acids is 1. The number of amides is 1. The molecule has 0 spiro atoms. The molecule has 38 heavy (non-hydrogen) atoms. The Morgan fingerprint density at radius 1 is 0.921 bits per heavy atom. The molecular formula is C26H28FN3O6S2. The topological polar surface area (TPSA) is 113 Å². The highest BCUT2D eigenvalue weighted by Gasteiger charge is 2.29. The molecule has 0 aromatic heterocycles. The van der Waals surface area contributed by atoms with Gasteiger partial charge in [0.2, 0.25) is 15.9 Å². The molecule has 0 bridgehead atoms. The van der Waals surface area contributed by atoms with Crippen molar-refractivity contribution in [2.45, 2.75) is 29.1 Å². The van der Waals surface area contributed by atoms with Crippen molar-refractivity contribution < 1.29 is 30.8 Å². The maximum Gasteiger partial charge on any atom is 0.264 e. The summed E-state index contributed by atoms with van der Waals surface area (Å²) in [5.41, 5.74) is 0.158. The fraction of sp³-hybridized carbons (Fsp3) is 0.269. The normalized spacial score (nSPS) is 14.6. The van der Waals surface area contributed by atoms with Gasteiger partial charge < -0.3 is 10.1 Å². The molecule has 1 aliphatic heterocycles. The van der Waals surface area contributed by atoms with Crippen molar-refractivity contribution in [2.75, 3.05) is 36.4 Å². The minimum atomic E-state index is -4.20. The van der Waals surface area contributed by atoms with Crippen LogP contribution >= 0.6 is 0 Å². The highest BCUT2D eigenvalue weighted by Crippen LogP contribution is 2.30. The van der Waals surface area contributed by atoms with Crippen molar-refractivity contribution in [3.8, 4) is 5.75 Å². The molecule has 0 saturated carbocycles. The fourth-order valence-electron chi connectivity index (χ4n) is 4.16. The fourth-order valence-corrected chi connectivity index (χ4v) is 7.15. The molecule has 3 aromatic rings. The highest BCUT2D eigenvalue weighted by atomic mass is 32.2. The number of rotatable bonds is 9. The van der Waals surface area contributed by atoms with Gasteiger partial charge in [0.1, 0.15) is 18.1 Å². The molecule has 0 radical (unpaired) electrons. The SMILES string of the molecule is COc1ccc(S(=O)(=O)N2CCCCC2)cc1NC(=O)CN(c1ccc(F)cc1)S(=O)(=O)c1ccccc1. The predicted molar refractivity (Wildman–Crippen MR) is 142 cm³/mol. The lowest BCUT2D eigenvalue weighted by Crippen LogP contribution is -2.38. The summed E-state index contributed by atoms with van der Waals surface area (Å²) in [6.07, 6.45) is 2.51. The van der Waals surface area contributed by atoms with E-state index in [-0.39, 0.29) is 26.9 Å². The zero-order chi connectivity index (χ0) is 27.3. The molecule has 1 amide bonds. The molecule has 1 saturated heterocycles. The molecule has 1 fully saturated rings. The van der Waals surface area contributed by atoms with Crippen molar-refractivity contribution >= 4 is 37.3 Å². The van der Waals surface area contributed by atoms with Crippen LogP contribution in [0, 0.1) is 5.82 Å². The molecule has 0 unspecified atom stereocenters. The third-order valence-electron chi connectivity index (χ3n) is 6.13. The number of hydrogen-bond donors (Lipinski definition) is 1. The number of anilines is 2. The van der Waals surface area contributed by atoms with Crippen LogP contribution < -0.4 is 14.4 Å². The Hall–Kier alpha value is -3.48. The van der Waals surface area contributed by atoms with Gasteiger partial charge in [-0.15, -0.1) is 0 Å². The van der Waals surface area contributed by atoms with Crippen LogP contribution in [0.2, 0.25) is 0 Å². The molecule has 0 aliphatic carbocycles. The highest BCUT2D eigenvalue weighted by molar-refractivity contribution is 7.92. The first-order valence-electron chi connectivity index (χ1n) is 11.9. The summed E-state index contributed by atoms with van der Waals surface area (Å²) >= 11 is 0. The number of benzene rings is 3. The molecule has 1 aliphatic rings. The monoisotopic (exact) mass is 561 g/mol. The van der Waals surface area contributed by atoms with E-state index in [4.69, 9.17) is 4.74 Å². The number of hydrogen-bond acceptors (Lipinski definition) is 6. The lowest BCUT2D eigenvalue weighted by atomic mass is 10.2. The number of sulfonamides is 2. The number of carbonyl (C=O) groups is 1. The molecule has 1 N–H and O–H groups in total. The molecule has 12 heteroatoms. The number of methoxy groups -OCH3 is 1. The minimum Gasteiger partial charge on any atom is -0.495 e. The van der Waals surface area contributed by atoms with E-state index in [0.29, 0.717) is 13.1 Å². The number of nitrogens with zero attached hydrogens (tertiary/aromatic N) is 2. The summed E-state index contributed by atoms with van der Waals surface area (Å²) in [6.45, 7) is 0.176. The van der Waals surface area contributed by atoms with E-state index >= 15 is 0 Å². The van der Waals surface area contributed by atoms with Gasteiger partial charge in [0.25, 0.3) is 10.0 Å². The molecular weight excluding hydrogens is 533 g/mol. The van der Waals surface area contributed by atoms with Crippen LogP contribution in [0.25, 0.3) is 0 Å². The van der Waals surface area contributed by atoms with Crippen LogP contribution in [0.3, 0.4) is 0 Å². The molecule has 0 atom stereocenters. The largest absolute Gasteiger partial charge is 0.495 e. The summed E-state index contributed by atoms with van der Waals surface area (Å²) in [5.74, 6) is -1.11. The Morgan fingerprint density at radius 2 is 1.58 bits per heavy atom. The first-order valence-corrected chi connectivity index (χ1v) is 14.8. The van der Waals surface area contributed by atoms with Crippen LogP contribution in [-0.2, 0) is 24.8 Å². The average molecular weight is 562 g/mol. The summed E-state index contributed by atoms with van der Waals surface area (Å²) in [5, 5.41) is 2.58. The third kappa shape index (κ3) is 5.98. The van der Waals surface area contributed by atoms with Crippen molar-refractivity contribution in [1.82, 2.24) is 4.31 Å². The first kappa shape index (κ1) is 27.6. The van der Waals surface area contributed by atoms with Gasteiger partial charge in [-0.1, -0.05) is 24.6 Å². The van der Waals surface area contributed by atoms with Crippen LogP contribution in [-0.4, -0.2) is 53.8 Å². The second-order valence-corrected chi connectivity index (χ2v) is 12.5. The van der Waals surface area contributed by atoms with Gasteiger partial charge in [0.15, 0.2) is 0 Å². The second kappa shape index (κ2) is 11.5. The van der Waals surface area contributed by atoms with Crippen molar-refractivity contribution in [3.05, 3.63) is 78.6 Å².